The molecule has 2 aromatic carbocycles. The zero-order valence-corrected chi connectivity index (χ0v) is 19.7. The van der Waals surface area contributed by atoms with E-state index in [0.29, 0.717) is 18.0 Å². The lowest BCUT2D eigenvalue weighted by Gasteiger charge is -2.23. The summed E-state index contributed by atoms with van der Waals surface area (Å²) in [6, 6.07) is 14.5. The van der Waals surface area contributed by atoms with Crippen LogP contribution in [0.3, 0.4) is 0 Å². The lowest BCUT2D eigenvalue weighted by Crippen LogP contribution is -2.30. The highest BCUT2D eigenvalue weighted by atomic mass is 32.2. The number of nitrogens with zero attached hydrogens (tertiary/aromatic N) is 1. The van der Waals surface area contributed by atoms with Crippen molar-refractivity contribution in [1.29, 1.82) is 0 Å². The first-order valence-corrected chi connectivity index (χ1v) is 12.9. The highest BCUT2D eigenvalue weighted by molar-refractivity contribution is 7.92. The molecule has 3 rings (SSSR count). The number of carbonyl (C=O) groups excluding carboxylic acids is 1. The molecule has 7 heteroatoms. The average molecular weight is 457 g/mol. The lowest BCUT2D eigenvalue weighted by atomic mass is 9.97. The van der Waals surface area contributed by atoms with Crippen LogP contribution in [0.2, 0.25) is 0 Å². The van der Waals surface area contributed by atoms with Gasteiger partial charge in [-0.2, -0.15) is 0 Å². The summed E-state index contributed by atoms with van der Waals surface area (Å²) >= 11 is 0. The molecule has 0 saturated heterocycles. The molecular formula is C25H32N2O4S. The number of ether oxygens (including phenoxy) is 1. The summed E-state index contributed by atoms with van der Waals surface area (Å²) in [6.07, 6.45) is 9.14. The number of sulfonamides is 1. The van der Waals surface area contributed by atoms with Crippen molar-refractivity contribution in [3.63, 3.8) is 0 Å². The lowest BCUT2D eigenvalue weighted by molar-refractivity contribution is -0.123. The molecule has 0 bridgehead atoms. The van der Waals surface area contributed by atoms with Crippen LogP contribution in [0.25, 0.3) is 0 Å². The molecule has 1 aliphatic rings. The highest BCUT2D eigenvalue weighted by Crippen LogP contribution is 2.24. The largest absolute Gasteiger partial charge is 0.484 e. The van der Waals surface area contributed by atoms with Gasteiger partial charge in [-0.1, -0.05) is 41.5 Å². The van der Waals surface area contributed by atoms with E-state index in [4.69, 9.17) is 4.74 Å². The summed E-state index contributed by atoms with van der Waals surface area (Å²) in [7, 11) is -3.46. The Hall–Kier alpha value is -2.80. The molecule has 0 heterocycles. The van der Waals surface area contributed by atoms with Gasteiger partial charge in [0.15, 0.2) is 6.61 Å². The summed E-state index contributed by atoms with van der Waals surface area (Å²) < 4.78 is 31.6. The minimum Gasteiger partial charge on any atom is -0.484 e. The maximum atomic E-state index is 12.4. The number of hydrogen-bond acceptors (Lipinski definition) is 4. The predicted molar refractivity (Wildman–Crippen MR) is 128 cm³/mol. The molecule has 0 atom stereocenters. The van der Waals surface area contributed by atoms with Gasteiger partial charge in [0.25, 0.3) is 5.91 Å². The second kappa shape index (κ2) is 11.2. The van der Waals surface area contributed by atoms with Crippen LogP contribution in [0.5, 0.6) is 5.75 Å². The van der Waals surface area contributed by atoms with Gasteiger partial charge >= 0.3 is 0 Å². The number of allylic oxidation sites excluding steroid dienone is 1. The maximum Gasteiger partial charge on any atom is 0.257 e. The summed E-state index contributed by atoms with van der Waals surface area (Å²) in [6.45, 7) is 2.79. The van der Waals surface area contributed by atoms with E-state index in [-0.39, 0.29) is 19.1 Å². The molecule has 0 spiro atoms. The summed E-state index contributed by atoms with van der Waals surface area (Å²) in [5.41, 5.74) is 4.00. The summed E-state index contributed by atoms with van der Waals surface area (Å²) in [4.78, 5) is 12.0. The van der Waals surface area contributed by atoms with E-state index in [1.165, 1.54) is 29.0 Å². The first-order valence-electron chi connectivity index (χ1n) is 11.0. The molecule has 0 saturated carbocycles. The van der Waals surface area contributed by atoms with Gasteiger partial charge in [-0.25, -0.2) is 8.42 Å². The molecule has 0 aliphatic heterocycles. The fourth-order valence-electron chi connectivity index (χ4n) is 3.66. The van der Waals surface area contributed by atoms with Gasteiger partial charge in [0, 0.05) is 6.54 Å². The van der Waals surface area contributed by atoms with Crippen molar-refractivity contribution in [2.24, 2.45) is 0 Å². The van der Waals surface area contributed by atoms with Crippen LogP contribution in [0.1, 0.15) is 43.2 Å². The van der Waals surface area contributed by atoms with E-state index >= 15 is 0 Å². The second-order valence-electron chi connectivity index (χ2n) is 8.25. The van der Waals surface area contributed by atoms with Crippen molar-refractivity contribution in [2.45, 2.75) is 45.6 Å². The monoisotopic (exact) mass is 456 g/mol. The van der Waals surface area contributed by atoms with E-state index in [0.717, 1.165) is 30.4 Å². The van der Waals surface area contributed by atoms with Gasteiger partial charge in [-0.15, -0.1) is 0 Å². The Balaban J connectivity index is 1.52. The van der Waals surface area contributed by atoms with Crippen molar-refractivity contribution >= 4 is 21.6 Å². The Morgan fingerprint density at radius 3 is 2.41 bits per heavy atom. The van der Waals surface area contributed by atoms with E-state index in [1.807, 2.05) is 31.2 Å². The van der Waals surface area contributed by atoms with Crippen LogP contribution >= 0.6 is 0 Å². The Kier molecular flexibility index (Phi) is 8.33. The third-order valence-corrected chi connectivity index (χ3v) is 6.64. The molecule has 0 aromatic heterocycles. The number of carbonyl (C=O) groups is 1. The van der Waals surface area contributed by atoms with Gasteiger partial charge in [0.1, 0.15) is 5.75 Å². The molecular weight excluding hydrogens is 424 g/mol. The van der Waals surface area contributed by atoms with Crippen molar-refractivity contribution in [2.75, 3.05) is 23.7 Å². The van der Waals surface area contributed by atoms with Gasteiger partial charge < -0.3 is 10.1 Å². The number of anilines is 1. The van der Waals surface area contributed by atoms with Crippen LogP contribution in [0.4, 0.5) is 5.69 Å². The normalized spacial score (nSPS) is 13.9. The fourth-order valence-corrected chi connectivity index (χ4v) is 4.55. The Labute approximate surface area is 191 Å². The van der Waals surface area contributed by atoms with Gasteiger partial charge in [0.05, 0.1) is 18.5 Å². The molecule has 2 aromatic rings. The second-order valence-corrected chi connectivity index (χ2v) is 10.2. The van der Waals surface area contributed by atoms with Gasteiger partial charge in [0.2, 0.25) is 10.0 Å². The molecule has 6 nitrogen and oxygen atoms in total. The molecule has 32 heavy (non-hydrogen) atoms. The van der Waals surface area contributed by atoms with E-state index in [9.17, 15) is 13.2 Å². The van der Waals surface area contributed by atoms with E-state index < -0.39 is 10.0 Å². The fraction of sp³-hybridized carbons (Fsp3) is 0.400. The van der Waals surface area contributed by atoms with Crippen LogP contribution in [-0.2, 0) is 21.4 Å². The van der Waals surface area contributed by atoms with Gasteiger partial charge in [-0.05, 0) is 68.9 Å². The smallest absolute Gasteiger partial charge is 0.257 e. The van der Waals surface area contributed by atoms with Crippen molar-refractivity contribution < 1.29 is 17.9 Å². The number of amides is 1. The highest BCUT2D eigenvalue weighted by Gasteiger charge is 2.18. The topological polar surface area (TPSA) is 75.7 Å². The summed E-state index contributed by atoms with van der Waals surface area (Å²) in [5, 5.41) is 2.89. The number of aryl methyl sites for hydroxylation is 1. The summed E-state index contributed by atoms with van der Waals surface area (Å²) in [5.74, 6) is 0.352. The molecule has 1 N–H and O–H groups in total. The molecule has 0 unspecified atom stereocenters. The Bertz CT molecular complexity index is 1030. The van der Waals surface area contributed by atoms with Crippen molar-refractivity contribution in [3.05, 3.63) is 71.3 Å². The third kappa shape index (κ3) is 7.41. The average Bonchev–Trinajstić information content (AvgIpc) is 2.78. The number of hydrogen-bond donors (Lipinski definition) is 1. The zero-order chi connectivity index (χ0) is 23.0. The minimum absolute atomic E-state index is 0.0719. The first-order chi connectivity index (χ1) is 15.3. The first kappa shape index (κ1) is 23.9. The SMILES string of the molecule is Cc1ccc(CN(c2ccc(OCC(=O)NCCC3=CCCCC3)cc2)S(C)(=O)=O)cc1. The van der Waals surface area contributed by atoms with E-state index in [1.54, 1.807) is 24.3 Å². The van der Waals surface area contributed by atoms with Crippen LogP contribution < -0.4 is 14.4 Å². The van der Waals surface area contributed by atoms with Crippen molar-refractivity contribution in [3.8, 4) is 5.75 Å². The standard InChI is InChI=1S/C25H32N2O4S/c1-20-8-10-22(11-9-20)18-27(32(2,29)30)23-12-14-24(15-13-23)31-19-25(28)26-17-16-21-6-4-3-5-7-21/h6,8-15H,3-5,7,16-19H2,1-2H3,(H,26,28). The Morgan fingerprint density at radius 2 is 1.78 bits per heavy atom. The van der Waals surface area contributed by atoms with Crippen LogP contribution in [0.15, 0.2) is 60.2 Å². The molecule has 0 fully saturated rings. The van der Waals surface area contributed by atoms with Crippen molar-refractivity contribution in [1.82, 2.24) is 5.32 Å². The molecule has 1 aliphatic carbocycles. The molecule has 0 radical (unpaired) electrons. The number of rotatable bonds is 10. The van der Waals surface area contributed by atoms with Gasteiger partial charge in [-0.3, -0.25) is 9.10 Å². The molecule has 172 valence electrons. The predicted octanol–water partition coefficient (Wildman–Crippen LogP) is 4.35. The quantitative estimate of drug-likeness (QED) is 0.540. The maximum absolute atomic E-state index is 12.4. The van der Waals surface area contributed by atoms with E-state index in [2.05, 4.69) is 11.4 Å². The zero-order valence-electron chi connectivity index (χ0n) is 18.8. The molecule has 1 amide bonds. The number of nitrogens with one attached hydrogen (secondary N) is 1. The van der Waals surface area contributed by atoms with Crippen LogP contribution in [-0.4, -0.2) is 33.7 Å². The van der Waals surface area contributed by atoms with Crippen LogP contribution in [0, 0.1) is 6.92 Å². The third-order valence-electron chi connectivity index (χ3n) is 5.50. The minimum atomic E-state index is -3.46. The Morgan fingerprint density at radius 1 is 1.06 bits per heavy atom. The number of benzene rings is 2.